The number of nitrogens with zero attached hydrogens (tertiary/aromatic N) is 1. The zero-order valence-electron chi connectivity index (χ0n) is 16.7. The molecule has 0 bridgehead atoms. The van der Waals surface area contributed by atoms with Gasteiger partial charge in [-0.1, -0.05) is 18.2 Å². The summed E-state index contributed by atoms with van der Waals surface area (Å²) in [6, 6.07) is 9.31. The molecule has 1 aromatic carbocycles. The maximum Gasteiger partial charge on any atom is 0.355 e. The van der Waals surface area contributed by atoms with Crippen LogP contribution in [0.15, 0.2) is 55.9 Å². The predicted molar refractivity (Wildman–Crippen MR) is 114 cm³/mol. The number of hydrogen-bond donors (Lipinski definition) is 1. The second-order valence-corrected chi connectivity index (χ2v) is 9.82. The van der Waals surface area contributed by atoms with Gasteiger partial charge in [-0.25, -0.2) is 13.2 Å². The number of aromatic nitrogens is 2. The van der Waals surface area contributed by atoms with Gasteiger partial charge in [0, 0.05) is 29.0 Å². The van der Waals surface area contributed by atoms with Crippen LogP contribution < -0.4 is 5.56 Å². The smallest absolute Gasteiger partial charge is 0.355 e. The van der Waals surface area contributed by atoms with Crippen LogP contribution in [-0.4, -0.2) is 30.5 Å². The number of aromatic amines is 1. The van der Waals surface area contributed by atoms with Gasteiger partial charge in [-0.3, -0.25) is 4.79 Å². The number of rotatable bonds is 4. The summed E-state index contributed by atoms with van der Waals surface area (Å²) in [5.41, 5.74) is 2.59. The average Bonchev–Trinajstić information content (AvgIpc) is 2.98. The Kier molecular flexibility index (Phi) is 5.11. The molecule has 30 heavy (non-hydrogen) atoms. The standard InChI is InChI=1S/C21H20N2O5S2/c1-4-28-21(25)19-12(2)17-14(23(19)3)11-29-15-10-16(20(24)22-18(15)17)30(26,27)13-8-6-5-7-9-13/h5-10H,4,11H2,1-3H3,(H,22,24). The van der Waals surface area contributed by atoms with E-state index in [1.807, 2.05) is 0 Å². The molecule has 0 saturated carbocycles. The molecule has 156 valence electrons. The van der Waals surface area contributed by atoms with Crippen molar-refractivity contribution in [2.75, 3.05) is 6.61 Å². The van der Waals surface area contributed by atoms with E-state index in [4.69, 9.17) is 4.74 Å². The van der Waals surface area contributed by atoms with Gasteiger partial charge in [0.05, 0.1) is 17.2 Å². The number of hydrogen-bond acceptors (Lipinski definition) is 6. The van der Waals surface area contributed by atoms with Gasteiger partial charge in [0.15, 0.2) is 0 Å². The summed E-state index contributed by atoms with van der Waals surface area (Å²) < 4.78 is 32.9. The fraction of sp³-hybridized carbons (Fsp3) is 0.238. The average molecular weight is 445 g/mol. The molecule has 1 N–H and O–H groups in total. The van der Waals surface area contributed by atoms with Crippen molar-refractivity contribution in [2.24, 2.45) is 7.05 Å². The lowest BCUT2D eigenvalue weighted by Gasteiger charge is -2.18. The molecule has 0 atom stereocenters. The number of benzene rings is 1. The van der Waals surface area contributed by atoms with Gasteiger partial charge in [-0.2, -0.15) is 0 Å². The van der Waals surface area contributed by atoms with Crippen LogP contribution in [0.4, 0.5) is 0 Å². The highest BCUT2D eigenvalue weighted by molar-refractivity contribution is 7.98. The van der Waals surface area contributed by atoms with Crippen molar-refractivity contribution in [1.29, 1.82) is 0 Å². The Morgan fingerprint density at radius 2 is 1.97 bits per heavy atom. The van der Waals surface area contributed by atoms with Gasteiger partial charge in [-0.15, -0.1) is 11.8 Å². The van der Waals surface area contributed by atoms with Crippen molar-refractivity contribution in [3.05, 3.63) is 63.7 Å². The van der Waals surface area contributed by atoms with Gasteiger partial charge in [0.1, 0.15) is 10.6 Å². The minimum absolute atomic E-state index is 0.0671. The monoisotopic (exact) mass is 444 g/mol. The summed E-state index contributed by atoms with van der Waals surface area (Å²) >= 11 is 1.42. The quantitative estimate of drug-likeness (QED) is 0.620. The largest absolute Gasteiger partial charge is 0.461 e. The second kappa shape index (κ2) is 7.48. The van der Waals surface area contributed by atoms with Crippen LogP contribution in [0, 0.1) is 6.92 Å². The Morgan fingerprint density at radius 1 is 1.27 bits per heavy atom. The van der Waals surface area contributed by atoms with E-state index in [2.05, 4.69) is 4.98 Å². The molecule has 0 spiro atoms. The number of pyridine rings is 1. The van der Waals surface area contributed by atoms with Crippen LogP contribution in [0.2, 0.25) is 0 Å². The molecule has 0 radical (unpaired) electrons. The van der Waals surface area contributed by atoms with Crippen molar-refractivity contribution in [3.8, 4) is 11.3 Å². The molecule has 0 aliphatic carbocycles. The molecule has 3 heterocycles. The Bertz CT molecular complexity index is 1320. The highest BCUT2D eigenvalue weighted by Crippen LogP contribution is 2.44. The summed E-state index contributed by atoms with van der Waals surface area (Å²) in [7, 11) is -2.16. The number of fused-ring (bicyclic) bond motifs is 3. The Morgan fingerprint density at radius 3 is 2.63 bits per heavy atom. The van der Waals surface area contributed by atoms with Crippen LogP contribution in [0.5, 0.6) is 0 Å². The van der Waals surface area contributed by atoms with Crippen molar-refractivity contribution >= 4 is 27.6 Å². The Labute approximate surface area is 178 Å². The first-order valence-electron chi connectivity index (χ1n) is 9.33. The van der Waals surface area contributed by atoms with Crippen LogP contribution in [0.3, 0.4) is 0 Å². The second-order valence-electron chi connectivity index (χ2n) is 6.88. The lowest BCUT2D eigenvalue weighted by Crippen LogP contribution is -2.20. The van der Waals surface area contributed by atoms with E-state index < -0.39 is 21.4 Å². The highest BCUT2D eigenvalue weighted by Gasteiger charge is 2.31. The van der Waals surface area contributed by atoms with Gasteiger partial charge in [0.25, 0.3) is 5.56 Å². The molecule has 3 aromatic rings. The number of nitrogens with one attached hydrogen (secondary N) is 1. The normalized spacial score (nSPS) is 12.9. The van der Waals surface area contributed by atoms with Gasteiger partial charge >= 0.3 is 5.97 Å². The molecule has 0 unspecified atom stereocenters. The van der Waals surface area contributed by atoms with Crippen LogP contribution in [0.25, 0.3) is 11.3 Å². The third-order valence-corrected chi connectivity index (χ3v) is 7.98. The number of sulfone groups is 1. The number of carbonyl (C=O) groups is 1. The molecule has 1 aliphatic rings. The maximum atomic E-state index is 13.0. The lowest BCUT2D eigenvalue weighted by atomic mass is 10.1. The predicted octanol–water partition coefficient (Wildman–Crippen LogP) is 3.30. The minimum atomic E-state index is -3.95. The van der Waals surface area contributed by atoms with Gasteiger partial charge < -0.3 is 14.3 Å². The van der Waals surface area contributed by atoms with Crippen molar-refractivity contribution in [2.45, 2.75) is 34.3 Å². The number of thioether (sulfide) groups is 1. The van der Waals surface area contributed by atoms with E-state index in [0.717, 1.165) is 11.3 Å². The van der Waals surface area contributed by atoms with Crippen molar-refractivity contribution < 1.29 is 17.9 Å². The van der Waals surface area contributed by atoms with Crippen molar-refractivity contribution in [3.63, 3.8) is 0 Å². The summed E-state index contributed by atoms with van der Waals surface area (Å²) in [5.74, 6) is 0.111. The SMILES string of the molecule is CCOC(=O)c1c(C)c2c(n1C)CSc1cc(S(=O)(=O)c3ccccc3)c(=O)[nH]c1-2. The fourth-order valence-electron chi connectivity index (χ4n) is 3.74. The van der Waals surface area contributed by atoms with E-state index in [0.29, 0.717) is 27.6 Å². The van der Waals surface area contributed by atoms with Gasteiger partial charge in [0.2, 0.25) is 9.84 Å². The summed E-state index contributed by atoms with van der Waals surface area (Å²) in [4.78, 5) is 28.4. The van der Waals surface area contributed by atoms with E-state index >= 15 is 0 Å². The fourth-order valence-corrected chi connectivity index (χ4v) is 6.29. The Balaban J connectivity index is 1.90. The van der Waals surface area contributed by atoms with Gasteiger partial charge in [-0.05, 0) is 37.6 Å². The number of carbonyl (C=O) groups excluding carboxylic acids is 1. The van der Waals surface area contributed by atoms with Crippen LogP contribution in [-0.2, 0) is 27.4 Å². The minimum Gasteiger partial charge on any atom is -0.461 e. The number of esters is 1. The molecule has 0 amide bonds. The molecule has 0 fully saturated rings. The number of H-pyrrole nitrogens is 1. The summed E-state index contributed by atoms with van der Waals surface area (Å²) in [5, 5.41) is 0. The first-order valence-corrected chi connectivity index (χ1v) is 11.8. The summed E-state index contributed by atoms with van der Waals surface area (Å²) in [6.07, 6.45) is 0. The van der Waals surface area contributed by atoms with Crippen LogP contribution in [0.1, 0.15) is 28.7 Å². The van der Waals surface area contributed by atoms with E-state index in [-0.39, 0.29) is 16.4 Å². The molecular weight excluding hydrogens is 424 g/mol. The summed E-state index contributed by atoms with van der Waals surface area (Å²) in [6.45, 7) is 3.81. The number of ether oxygens (including phenoxy) is 1. The van der Waals surface area contributed by atoms with E-state index in [9.17, 15) is 18.0 Å². The molecular formula is C21H20N2O5S2. The molecule has 1 aliphatic heterocycles. The van der Waals surface area contributed by atoms with Crippen molar-refractivity contribution in [1.82, 2.24) is 9.55 Å². The first kappa shape index (κ1) is 20.5. The Hall–Kier alpha value is -2.78. The maximum absolute atomic E-state index is 13.0. The molecule has 4 rings (SSSR count). The lowest BCUT2D eigenvalue weighted by molar-refractivity contribution is 0.0514. The zero-order valence-corrected chi connectivity index (χ0v) is 18.3. The molecule has 0 saturated heterocycles. The van der Waals surface area contributed by atoms with Crippen LogP contribution >= 0.6 is 11.8 Å². The highest BCUT2D eigenvalue weighted by atomic mass is 32.2. The first-order chi connectivity index (χ1) is 14.3. The van der Waals surface area contributed by atoms with E-state index in [1.165, 1.54) is 30.0 Å². The molecule has 9 heteroatoms. The third kappa shape index (κ3) is 3.09. The molecule has 7 nitrogen and oxygen atoms in total. The zero-order chi connectivity index (χ0) is 21.6. The third-order valence-electron chi connectivity index (χ3n) is 5.16. The van der Waals surface area contributed by atoms with E-state index in [1.54, 1.807) is 43.7 Å². The molecule has 2 aromatic heterocycles. The topological polar surface area (TPSA) is 98.2 Å².